The van der Waals surface area contributed by atoms with Crippen molar-refractivity contribution in [1.82, 2.24) is 20.4 Å². The molecule has 3 rings (SSSR count). The highest BCUT2D eigenvalue weighted by Gasteiger charge is 2.40. The van der Waals surface area contributed by atoms with Crippen LogP contribution in [-0.2, 0) is 4.79 Å². The van der Waals surface area contributed by atoms with Crippen LogP contribution in [0.2, 0.25) is 10.0 Å². The summed E-state index contributed by atoms with van der Waals surface area (Å²) in [6.07, 6.45) is 0.873. The van der Waals surface area contributed by atoms with Crippen molar-refractivity contribution in [1.29, 1.82) is 0 Å². The molecule has 0 aromatic heterocycles. The minimum atomic E-state index is -0.523. The van der Waals surface area contributed by atoms with E-state index in [0.29, 0.717) is 34.4 Å². The van der Waals surface area contributed by atoms with Gasteiger partial charge in [0.2, 0.25) is 0 Å². The van der Waals surface area contributed by atoms with Gasteiger partial charge in [0.15, 0.2) is 0 Å². The first-order valence-electron chi connectivity index (χ1n) is 8.06. The Morgan fingerprint density at radius 3 is 2.68 bits per heavy atom. The number of amides is 3. The molecule has 0 fully saturated rings. The molecule has 25 heavy (non-hydrogen) atoms. The van der Waals surface area contributed by atoms with Crippen molar-refractivity contribution in [2.45, 2.75) is 12.5 Å². The highest BCUT2D eigenvalue weighted by Crippen LogP contribution is 2.34. The zero-order valence-electron chi connectivity index (χ0n) is 14.1. The Labute approximate surface area is 156 Å². The average Bonchev–Trinajstić information content (AvgIpc) is 2.85. The first-order chi connectivity index (χ1) is 11.9. The molecule has 0 saturated heterocycles. The zero-order valence-corrected chi connectivity index (χ0v) is 15.6. The Bertz CT molecular complexity index is 748. The number of benzene rings is 1. The number of nitrogens with one attached hydrogen (secondary N) is 2. The van der Waals surface area contributed by atoms with Crippen LogP contribution in [0.15, 0.2) is 29.5 Å². The van der Waals surface area contributed by atoms with Crippen LogP contribution in [0, 0.1) is 0 Å². The van der Waals surface area contributed by atoms with E-state index in [2.05, 4.69) is 15.5 Å². The van der Waals surface area contributed by atoms with Crippen molar-refractivity contribution in [2.24, 2.45) is 0 Å². The maximum Gasteiger partial charge on any atom is 0.319 e. The van der Waals surface area contributed by atoms with Gasteiger partial charge in [-0.15, -0.1) is 0 Å². The number of carbonyl (C=O) groups excluding carboxylic acids is 2. The summed E-state index contributed by atoms with van der Waals surface area (Å²) in [5.74, 6) is -0.0580. The van der Waals surface area contributed by atoms with Crippen molar-refractivity contribution < 1.29 is 9.59 Å². The summed E-state index contributed by atoms with van der Waals surface area (Å²) in [7, 11) is 4.00. The number of hydrogen-bond donors (Lipinski definition) is 2. The lowest BCUT2D eigenvalue weighted by Crippen LogP contribution is -2.44. The minimum absolute atomic E-state index is 0.0580. The molecule has 0 spiro atoms. The highest BCUT2D eigenvalue weighted by atomic mass is 35.5. The predicted octanol–water partition coefficient (Wildman–Crippen LogP) is 2.40. The molecule has 134 valence electrons. The molecule has 2 aliphatic heterocycles. The van der Waals surface area contributed by atoms with Gasteiger partial charge >= 0.3 is 6.03 Å². The molecule has 0 saturated carbocycles. The average molecular weight is 383 g/mol. The lowest BCUT2D eigenvalue weighted by Gasteiger charge is -2.25. The molecule has 3 amide bonds. The van der Waals surface area contributed by atoms with Crippen LogP contribution in [0.4, 0.5) is 4.79 Å². The van der Waals surface area contributed by atoms with E-state index in [9.17, 15) is 9.59 Å². The van der Waals surface area contributed by atoms with E-state index in [0.717, 1.165) is 18.5 Å². The van der Waals surface area contributed by atoms with E-state index in [1.54, 1.807) is 23.1 Å². The maximum absolute atomic E-state index is 12.9. The fourth-order valence-corrected chi connectivity index (χ4v) is 3.44. The smallest absolute Gasteiger partial charge is 0.319 e. The fraction of sp³-hybridized carbons (Fsp3) is 0.412. The third-order valence-electron chi connectivity index (χ3n) is 4.33. The summed E-state index contributed by atoms with van der Waals surface area (Å²) in [4.78, 5) is 28.7. The zero-order chi connectivity index (χ0) is 18.1. The molecule has 1 aromatic carbocycles. The normalized spacial score (nSPS) is 20.0. The SMILES string of the molecule is CN(C)CCCN1CC2=C(C1=O)[C@@H](c1ccc(Cl)c(Cl)c1)NC(=O)N2. The molecule has 2 heterocycles. The second-order valence-corrected chi connectivity index (χ2v) is 7.30. The number of nitrogens with zero attached hydrogens (tertiary/aromatic N) is 2. The lowest BCUT2D eigenvalue weighted by atomic mass is 9.96. The van der Waals surface area contributed by atoms with Gasteiger partial charge in [-0.05, 0) is 44.8 Å². The Morgan fingerprint density at radius 1 is 1.24 bits per heavy atom. The fourth-order valence-electron chi connectivity index (χ4n) is 3.13. The van der Waals surface area contributed by atoms with Gasteiger partial charge in [0.25, 0.3) is 5.91 Å². The molecule has 6 nitrogen and oxygen atoms in total. The van der Waals surface area contributed by atoms with Crippen LogP contribution >= 0.6 is 23.2 Å². The number of carbonyl (C=O) groups is 2. The van der Waals surface area contributed by atoms with Crippen LogP contribution in [0.5, 0.6) is 0 Å². The number of halogens is 2. The Balaban J connectivity index is 1.83. The molecule has 2 aliphatic rings. The first-order valence-corrected chi connectivity index (χ1v) is 8.82. The summed E-state index contributed by atoms with van der Waals surface area (Å²) in [6, 6.07) is 4.29. The van der Waals surface area contributed by atoms with E-state index in [4.69, 9.17) is 23.2 Å². The summed E-state index contributed by atoms with van der Waals surface area (Å²) in [6.45, 7) is 1.97. The van der Waals surface area contributed by atoms with Gasteiger partial charge in [-0.3, -0.25) is 4.79 Å². The largest absolute Gasteiger partial charge is 0.333 e. The Morgan fingerprint density at radius 2 is 2.00 bits per heavy atom. The number of urea groups is 1. The summed E-state index contributed by atoms with van der Waals surface area (Å²) in [5.41, 5.74) is 1.97. The van der Waals surface area contributed by atoms with Crippen molar-refractivity contribution in [3.8, 4) is 0 Å². The number of hydrogen-bond acceptors (Lipinski definition) is 3. The van der Waals surface area contributed by atoms with Crippen LogP contribution in [0.3, 0.4) is 0 Å². The minimum Gasteiger partial charge on any atom is -0.333 e. The summed E-state index contributed by atoms with van der Waals surface area (Å²) >= 11 is 12.1. The van der Waals surface area contributed by atoms with Crippen molar-refractivity contribution in [3.63, 3.8) is 0 Å². The molecule has 0 aliphatic carbocycles. The molecule has 8 heteroatoms. The third-order valence-corrected chi connectivity index (χ3v) is 5.07. The first kappa shape index (κ1) is 18.0. The van der Waals surface area contributed by atoms with Gasteiger partial charge in [0.1, 0.15) is 0 Å². The molecule has 2 N–H and O–H groups in total. The van der Waals surface area contributed by atoms with E-state index in [1.807, 2.05) is 14.1 Å². The van der Waals surface area contributed by atoms with Crippen LogP contribution in [-0.4, -0.2) is 55.5 Å². The quantitative estimate of drug-likeness (QED) is 0.821. The molecule has 0 bridgehead atoms. The molecule has 1 atom stereocenters. The van der Waals surface area contributed by atoms with E-state index < -0.39 is 6.04 Å². The van der Waals surface area contributed by atoms with Gasteiger partial charge in [-0.25, -0.2) is 4.79 Å². The standard InChI is InChI=1S/C17H20Cl2N4O2/c1-22(2)6-3-7-23-9-13-14(16(23)24)15(21-17(25)20-13)10-4-5-11(18)12(19)8-10/h4-5,8,15H,3,6-7,9H2,1-2H3,(H2,20,21,25)/t15-/m1/s1. The van der Waals surface area contributed by atoms with Gasteiger partial charge in [-0.1, -0.05) is 29.3 Å². The Hall–Kier alpha value is -1.76. The lowest BCUT2D eigenvalue weighted by molar-refractivity contribution is -0.125. The van der Waals surface area contributed by atoms with Gasteiger partial charge in [0, 0.05) is 6.54 Å². The monoisotopic (exact) mass is 382 g/mol. The molecule has 0 unspecified atom stereocenters. The summed E-state index contributed by atoms with van der Waals surface area (Å²) in [5, 5.41) is 6.40. The molecule has 1 aromatic rings. The second kappa shape index (κ2) is 7.23. The maximum atomic E-state index is 12.9. The van der Waals surface area contributed by atoms with Crippen molar-refractivity contribution in [3.05, 3.63) is 45.1 Å². The van der Waals surface area contributed by atoms with E-state index in [-0.39, 0.29) is 11.9 Å². The number of rotatable bonds is 5. The topological polar surface area (TPSA) is 64.7 Å². The van der Waals surface area contributed by atoms with E-state index >= 15 is 0 Å². The van der Waals surface area contributed by atoms with Crippen LogP contribution in [0.25, 0.3) is 0 Å². The van der Waals surface area contributed by atoms with Gasteiger partial charge in [0.05, 0.1) is 33.9 Å². The molecular weight excluding hydrogens is 363 g/mol. The molecule has 0 radical (unpaired) electrons. The van der Waals surface area contributed by atoms with Crippen molar-refractivity contribution in [2.75, 3.05) is 33.7 Å². The van der Waals surface area contributed by atoms with Crippen LogP contribution in [0.1, 0.15) is 18.0 Å². The van der Waals surface area contributed by atoms with Gasteiger partial charge in [-0.2, -0.15) is 0 Å². The second-order valence-electron chi connectivity index (χ2n) is 6.48. The third kappa shape index (κ3) is 3.76. The Kier molecular flexibility index (Phi) is 5.22. The highest BCUT2D eigenvalue weighted by molar-refractivity contribution is 6.42. The van der Waals surface area contributed by atoms with Gasteiger partial charge < -0.3 is 20.4 Å². The predicted molar refractivity (Wildman–Crippen MR) is 97.6 cm³/mol. The molecular formula is C17H20Cl2N4O2. The van der Waals surface area contributed by atoms with Crippen molar-refractivity contribution >= 4 is 35.1 Å². The summed E-state index contributed by atoms with van der Waals surface area (Å²) < 4.78 is 0. The van der Waals surface area contributed by atoms with Crippen LogP contribution < -0.4 is 10.6 Å². The van der Waals surface area contributed by atoms with E-state index in [1.165, 1.54) is 0 Å².